The summed E-state index contributed by atoms with van der Waals surface area (Å²) in [5, 5.41) is 20.2. The van der Waals surface area contributed by atoms with Crippen molar-refractivity contribution in [1.29, 1.82) is 0 Å². The van der Waals surface area contributed by atoms with Gasteiger partial charge >= 0.3 is 6.01 Å². The Bertz CT molecular complexity index is 980. The number of rotatable bonds is 0. The number of fused-ring (bicyclic) bond motifs is 3. The predicted molar refractivity (Wildman–Crippen MR) is 91.6 cm³/mol. The van der Waals surface area contributed by atoms with E-state index < -0.39 is 0 Å². The van der Waals surface area contributed by atoms with Crippen LogP contribution in [0.25, 0.3) is 11.2 Å². The van der Waals surface area contributed by atoms with E-state index in [1.54, 1.807) is 12.1 Å². The van der Waals surface area contributed by atoms with E-state index >= 15 is 0 Å². The number of nitrogens with two attached hydrogens (primary N) is 1. The molecular formula is C17H17N5O3. The molecule has 0 spiro atoms. The number of hydrogen-bond donors (Lipinski definition) is 3. The summed E-state index contributed by atoms with van der Waals surface area (Å²) < 4.78 is 7.09. The van der Waals surface area contributed by atoms with Crippen LogP contribution < -0.4 is 10.5 Å². The molecule has 25 heavy (non-hydrogen) atoms. The molecule has 4 N–H and O–H groups in total. The van der Waals surface area contributed by atoms with Crippen LogP contribution in [0.15, 0.2) is 30.4 Å². The van der Waals surface area contributed by atoms with E-state index in [2.05, 4.69) is 15.0 Å². The number of ether oxygens (including phenoxy) is 1. The first-order chi connectivity index (χ1) is 12.1. The first-order valence-electron chi connectivity index (χ1n) is 7.93. The molecule has 4 bridgehead atoms. The molecule has 0 saturated heterocycles. The molecule has 1 aliphatic rings. The third-order valence-corrected chi connectivity index (χ3v) is 4.09. The van der Waals surface area contributed by atoms with E-state index in [1.807, 2.05) is 18.2 Å². The Morgan fingerprint density at radius 3 is 2.88 bits per heavy atom. The lowest BCUT2D eigenvalue weighted by Gasteiger charge is -2.10. The van der Waals surface area contributed by atoms with E-state index in [0.29, 0.717) is 37.2 Å². The van der Waals surface area contributed by atoms with Crippen molar-refractivity contribution in [1.82, 2.24) is 19.5 Å². The molecule has 0 atom stereocenters. The zero-order valence-corrected chi connectivity index (χ0v) is 13.4. The van der Waals surface area contributed by atoms with Gasteiger partial charge in [0.2, 0.25) is 0 Å². The summed E-state index contributed by atoms with van der Waals surface area (Å²) in [6.07, 6.45) is 5.24. The van der Waals surface area contributed by atoms with Gasteiger partial charge in [-0.15, -0.1) is 0 Å². The molecule has 0 aliphatic carbocycles. The number of allylic oxidation sites excluding steroid dienone is 1. The Labute approximate surface area is 143 Å². The van der Waals surface area contributed by atoms with Crippen molar-refractivity contribution < 1.29 is 14.9 Å². The highest BCUT2D eigenvalue weighted by Crippen LogP contribution is 2.27. The largest absolute Gasteiger partial charge is 0.508 e. The smallest absolute Gasteiger partial charge is 0.320 e. The van der Waals surface area contributed by atoms with E-state index in [4.69, 9.17) is 10.5 Å². The zero-order chi connectivity index (χ0) is 17.4. The van der Waals surface area contributed by atoms with Crippen LogP contribution in [0.4, 0.5) is 5.82 Å². The second kappa shape index (κ2) is 5.97. The normalized spacial score (nSPS) is 15.7. The SMILES string of the molecule is Nc1nc2nc3c1nc(O)n3Cc1ccc(O)c(c1)C/C=C/CCO2. The number of hydrogen-bond acceptors (Lipinski definition) is 7. The van der Waals surface area contributed by atoms with Gasteiger partial charge in [0.25, 0.3) is 6.01 Å². The highest BCUT2D eigenvalue weighted by molar-refractivity contribution is 5.83. The molecule has 1 aromatic carbocycles. The molecule has 0 saturated carbocycles. The molecule has 2 aromatic heterocycles. The lowest BCUT2D eigenvalue weighted by molar-refractivity contribution is 0.300. The molecule has 3 aromatic rings. The molecule has 8 nitrogen and oxygen atoms in total. The van der Waals surface area contributed by atoms with Crippen molar-refractivity contribution in [3.8, 4) is 17.8 Å². The van der Waals surface area contributed by atoms with Crippen molar-refractivity contribution in [2.75, 3.05) is 12.3 Å². The second-order valence-corrected chi connectivity index (χ2v) is 5.84. The van der Waals surface area contributed by atoms with E-state index in [9.17, 15) is 10.2 Å². The Balaban J connectivity index is 1.88. The van der Waals surface area contributed by atoms with Gasteiger partial charge in [0.1, 0.15) is 5.75 Å². The van der Waals surface area contributed by atoms with Gasteiger partial charge in [0, 0.05) is 0 Å². The van der Waals surface area contributed by atoms with Crippen LogP contribution in [0, 0.1) is 0 Å². The fourth-order valence-electron chi connectivity index (χ4n) is 2.83. The summed E-state index contributed by atoms with van der Waals surface area (Å²) in [6.45, 7) is 0.725. The Morgan fingerprint density at radius 2 is 2.00 bits per heavy atom. The molecule has 8 heteroatoms. The fourth-order valence-corrected chi connectivity index (χ4v) is 2.83. The Kier molecular flexibility index (Phi) is 3.64. The molecule has 1 aliphatic heterocycles. The molecule has 3 heterocycles. The summed E-state index contributed by atoms with van der Waals surface area (Å²) in [7, 11) is 0. The minimum absolute atomic E-state index is 0.156. The summed E-state index contributed by atoms with van der Waals surface area (Å²) in [5.41, 5.74) is 8.37. The molecule has 128 valence electrons. The van der Waals surface area contributed by atoms with Crippen molar-refractivity contribution in [2.45, 2.75) is 19.4 Å². The minimum Gasteiger partial charge on any atom is -0.508 e. The number of phenolic OH excluding ortho intramolecular Hbond substituents is 1. The standard InChI is InChI=1S/C17H17N5O3/c18-14-13-15-21-16(20-14)25-7-3-1-2-4-11-8-10(5-6-12(11)23)9-22(15)17(24)19-13/h1-2,5-6,8,23H,3-4,7,9H2,(H,19,24)(H2,18,20,21)/b2-1+. The van der Waals surface area contributed by atoms with Crippen molar-refractivity contribution in [3.63, 3.8) is 0 Å². The van der Waals surface area contributed by atoms with Crippen LogP contribution in [0.3, 0.4) is 0 Å². The van der Waals surface area contributed by atoms with Crippen LogP contribution in [-0.4, -0.2) is 36.3 Å². The Morgan fingerprint density at radius 1 is 1.12 bits per heavy atom. The second-order valence-electron chi connectivity index (χ2n) is 5.84. The molecule has 4 rings (SSSR count). The summed E-state index contributed by atoms with van der Waals surface area (Å²) >= 11 is 0. The van der Waals surface area contributed by atoms with Gasteiger partial charge in [-0.3, -0.25) is 4.57 Å². The zero-order valence-electron chi connectivity index (χ0n) is 13.4. The van der Waals surface area contributed by atoms with Crippen LogP contribution in [-0.2, 0) is 13.0 Å². The van der Waals surface area contributed by atoms with Crippen molar-refractivity contribution in [3.05, 3.63) is 41.5 Å². The van der Waals surface area contributed by atoms with Crippen LogP contribution in [0.1, 0.15) is 17.5 Å². The number of anilines is 1. The molecule has 0 amide bonds. The number of phenols is 1. The average molecular weight is 339 g/mol. The van der Waals surface area contributed by atoms with Gasteiger partial charge in [-0.25, -0.2) is 0 Å². The summed E-state index contributed by atoms with van der Waals surface area (Å²) in [5.74, 6) is 0.397. The number of imidazole rings is 1. The van der Waals surface area contributed by atoms with Gasteiger partial charge in [-0.05, 0) is 30.0 Å². The number of aromatic hydroxyl groups is 2. The van der Waals surface area contributed by atoms with E-state index in [0.717, 1.165) is 11.1 Å². The topological polar surface area (TPSA) is 119 Å². The average Bonchev–Trinajstić information content (AvgIpc) is 2.90. The molecule has 0 unspecified atom stereocenters. The maximum absolute atomic E-state index is 10.2. The fraction of sp³-hybridized carbons (Fsp3) is 0.235. The number of benzene rings is 1. The van der Waals surface area contributed by atoms with Crippen molar-refractivity contribution >= 4 is 17.0 Å². The Hall–Kier alpha value is -3.29. The quantitative estimate of drug-likeness (QED) is 0.534. The summed E-state index contributed by atoms with van der Waals surface area (Å²) in [6, 6.07) is 5.30. The van der Waals surface area contributed by atoms with E-state index in [1.165, 1.54) is 4.57 Å². The molecule has 0 radical (unpaired) electrons. The molecule has 0 fully saturated rings. The minimum atomic E-state index is -0.199. The van der Waals surface area contributed by atoms with Crippen LogP contribution >= 0.6 is 0 Å². The predicted octanol–water partition coefficient (Wildman–Crippen LogP) is 1.75. The van der Waals surface area contributed by atoms with Crippen molar-refractivity contribution in [2.24, 2.45) is 0 Å². The van der Waals surface area contributed by atoms with Crippen LogP contribution in [0.2, 0.25) is 0 Å². The maximum Gasteiger partial charge on any atom is 0.320 e. The number of nitrogen functional groups attached to an aromatic ring is 1. The maximum atomic E-state index is 10.2. The van der Waals surface area contributed by atoms with Crippen LogP contribution in [0.5, 0.6) is 17.8 Å². The third kappa shape index (κ3) is 2.82. The number of aromatic nitrogens is 4. The first kappa shape index (κ1) is 15.3. The highest BCUT2D eigenvalue weighted by Gasteiger charge is 2.17. The summed E-state index contributed by atoms with van der Waals surface area (Å²) in [4.78, 5) is 12.5. The molecular weight excluding hydrogens is 322 g/mol. The van der Waals surface area contributed by atoms with Gasteiger partial charge in [0.15, 0.2) is 17.0 Å². The number of nitrogens with zero attached hydrogens (tertiary/aromatic N) is 4. The van der Waals surface area contributed by atoms with Gasteiger partial charge in [-0.1, -0.05) is 24.3 Å². The van der Waals surface area contributed by atoms with Gasteiger partial charge < -0.3 is 20.7 Å². The first-order valence-corrected chi connectivity index (χ1v) is 7.93. The lowest BCUT2D eigenvalue weighted by atomic mass is 10.1. The van der Waals surface area contributed by atoms with Gasteiger partial charge in [0.05, 0.1) is 13.2 Å². The monoisotopic (exact) mass is 339 g/mol. The highest BCUT2D eigenvalue weighted by atomic mass is 16.5. The lowest BCUT2D eigenvalue weighted by Crippen LogP contribution is -2.06. The van der Waals surface area contributed by atoms with E-state index in [-0.39, 0.29) is 23.6 Å². The third-order valence-electron chi connectivity index (χ3n) is 4.09. The van der Waals surface area contributed by atoms with Gasteiger partial charge in [-0.2, -0.15) is 15.0 Å².